The fourth-order valence-corrected chi connectivity index (χ4v) is 12.5. The van der Waals surface area contributed by atoms with Crippen molar-refractivity contribution in [3.8, 4) is 35.0 Å². The van der Waals surface area contributed by atoms with E-state index in [4.69, 9.17) is 0 Å². The first-order valence-corrected chi connectivity index (χ1v) is 18.4. The molecule has 0 saturated carbocycles. The molecule has 0 atom stereocenters. The lowest BCUT2D eigenvalue weighted by Gasteiger charge is -2.35. The van der Waals surface area contributed by atoms with Gasteiger partial charge in [0.2, 0.25) is 0 Å². The van der Waals surface area contributed by atoms with Crippen molar-refractivity contribution in [1.29, 1.82) is 15.8 Å². The van der Waals surface area contributed by atoms with Gasteiger partial charge in [0.05, 0.1) is 45.9 Å². The van der Waals surface area contributed by atoms with Crippen LogP contribution in [0, 0.1) is 34.0 Å². The Labute approximate surface area is 291 Å². The predicted molar refractivity (Wildman–Crippen MR) is 204 cm³/mol. The zero-order valence-electron chi connectivity index (χ0n) is 27.0. The second-order valence-electron chi connectivity index (χ2n) is 12.3. The Kier molecular flexibility index (Phi) is 7.63. The van der Waals surface area contributed by atoms with Crippen molar-refractivity contribution < 1.29 is 0 Å². The molecule has 5 heteroatoms. The summed E-state index contributed by atoms with van der Waals surface area (Å²) >= 11 is 0. The lowest BCUT2D eigenvalue weighted by atomic mass is 9.99. The molecule has 232 valence electrons. The van der Waals surface area contributed by atoms with Gasteiger partial charge in [-0.3, -0.25) is 0 Å². The fourth-order valence-electron chi connectivity index (χ4n) is 7.53. The van der Waals surface area contributed by atoms with Crippen molar-refractivity contribution in [3.05, 3.63) is 187 Å². The zero-order chi connectivity index (χ0) is 34.1. The summed E-state index contributed by atoms with van der Waals surface area (Å²) in [6.45, 7) is 0. The topological polar surface area (TPSA) is 76.3 Å². The molecule has 1 aromatic heterocycles. The van der Waals surface area contributed by atoms with Crippen LogP contribution in [0.5, 0.6) is 0 Å². The summed E-state index contributed by atoms with van der Waals surface area (Å²) < 4.78 is 2.21. The quantitative estimate of drug-likeness (QED) is 0.138. The summed E-state index contributed by atoms with van der Waals surface area (Å²) in [7, 11) is -3.15. The van der Waals surface area contributed by atoms with Gasteiger partial charge in [-0.25, -0.2) is 0 Å². The van der Waals surface area contributed by atoms with Crippen LogP contribution < -0.4 is 20.7 Å². The molecule has 0 aliphatic rings. The van der Waals surface area contributed by atoms with Crippen LogP contribution in [0.2, 0.25) is 0 Å². The Bertz CT molecular complexity index is 2540. The molecule has 0 aliphatic heterocycles. The lowest BCUT2D eigenvalue weighted by molar-refractivity contribution is 1.18. The Morgan fingerprint density at radius 2 is 0.960 bits per heavy atom. The largest absolute Gasteiger partial charge is 0.309 e. The maximum atomic E-state index is 10.9. The molecule has 0 amide bonds. The first-order valence-electron chi connectivity index (χ1n) is 16.4. The molecule has 50 heavy (non-hydrogen) atoms. The summed E-state index contributed by atoms with van der Waals surface area (Å²) in [5, 5.41) is 37.7. The molecule has 8 aromatic rings. The van der Waals surface area contributed by atoms with Gasteiger partial charge in [0, 0.05) is 16.5 Å². The summed E-state index contributed by atoms with van der Waals surface area (Å²) in [6, 6.07) is 64.5. The number of para-hydroxylation sites is 1. The van der Waals surface area contributed by atoms with Gasteiger partial charge in [-0.05, 0) is 80.4 Å². The van der Waals surface area contributed by atoms with Gasteiger partial charge < -0.3 is 4.57 Å². The molecule has 4 nitrogen and oxygen atoms in total. The first-order chi connectivity index (χ1) is 24.7. The molecule has 0 bridgehead atoms. The summed E-state index contributed by atoms with van der Waals surface area (Å²) in [5.41, 5.74) is 6.27. The van der Waals surface area contributed by atoms with Crippen LogP contribution in [-0.2, 0) is 0 Å². The first kappa shape index (κ1) is 30.4. The molecule has 7 aromatic carbocycles. The number of hydrogen-bond donors (Lipinski definition) is 0. The van der Waals surface area contributed by atoms with Crippen molar-refractivity contribution in [2.24, 2.45) is 0 Å². The van der Waals surface area contributed by atoms with E-state index >= 15 is 0 Å². The molecule has 0 saturated heterocycles. The van der Waals surface area contributed by atoms with E-state index in [1.54, 1.807) is 0 Å². The molecule has 0 N–H and O–H groups in total. The van der Waals surface area contributed by atoms with Crippen LogP contribution in [0.15, 0.2) is 170 Å². The van der Waals surface area contributed by atoms with Crippen molar-refractivity contribution in [1.82, 2.24) is 4.57 Å². The van der Waals surface area contributed by atoms with Gasteiger partial charge in [-0.1, -0.05) is 121 Å². The summed E-state index contributed by atoms with van der Waals surface area (Å²) in [6.07, 6.45) is 0. The van der Waals surface area contributed by atoms with E-state index in [0.717, 1.165) is 59.4 Å². The van der Waals surface area contributed by atoms with E-state index < -0.39 is 8.07 Å². The molecule has 0 spiro atoms. The minimum absolute atomic E-state index is 0.494. The molecular formula is C45H28N4Si. The van der Waals surface area contributed by atoms with Crippen LogP contribution in [0.25, 0.3) is 38.6 Å². The van der Waals surface area contributed by atoms with Gasteiger partial charge in [0.25, 0.3) is 0 Å². The highest BCUT2D eigenvalue weighted by Gasteiger charge is 2.44. The monoisotopic (exact) mass is 652 g/mol. The van der Waals surface area contributed by atoms with Crippen LogP contribution in [-0.4, -0.2) is 12.6 Å². The van der Waals surface area contributed by atoms with Crippen LogP contribution in [0.4, 0.5) is 0 Å². The Morgan fingerprint density at radius 3 is 1.52 bits per heavy atom. The molecular weight excluding hydrogens is 625 g/mol. The number of rotatable bonds is 6. The Balaban J connectivity index is 1.38. The normalized spacial score (nSPS) is 11.1. The van der Waals surface area contributed by atoms with E-state index in [1.807, 2.05) is 109 Å². The van der Waals surface area contributed by atoms with Crippen molar-refractivity contribution in [2.75, 3.05) is 0 Å². The molecule has 0 radical (unpaired) electrons. The highest BCUT2D eigenvalue weighted by Crippen LogP contribution is 2.34. The number of nitrogens with zero attached hydrogens (tertiary/aromatic N) is 4. The van der Waals surface area contributed by atoms with E-state index in [1.165, 1.54) is 0 Å². The summed E-state index contributed by atoms with van der Waals surface area (Å²) in [5.74, 6) is 0. The van der Waals surface area contributed by atoms with Crippen LogP contribution in [0.1, 0.15) is 16.7 Å². The SMILES string of the molecule is N#Cc1ccc2c(c1)c1ccccc1n2-c1cccc(-c2cc(C#N)c([Si](c3ccccc3)(c3ccccc3)c3ccccc3)c(C#N)c2)c1. The third-order valence-corrected chi connectivity index (χ3v) is 14.5. The Hall–Kier alpha value is -6.97. The third kappa shape index (κ3) is 4.80. The van der Waals surface area contributed by atoms with Crippen LogP contribution >= 0.6 is 0 Å². The second kappa shape index (κ2) is 12.6. The van der Waals surface area contributed by atoms with Crippen molar-refractivity contribution >= 4 is 50.6 Å². The average molecular weight is 653 g/mol. The average Bonchev–Trinajstić information content (AvgIpc) is 3.53. The van der Waals surface area contributed by atoms with E-state index in [2.05, 4.69) is 83.4 Å². The molecule has 0 unspecified atom stereocenters. The van der Waals surface area contributed by atoms with Crippen LogP contribution in [0.3, 0.4) is 0 Å². The third-order valence-electron chi connectivity index (χ3n) is 9.61. The van der Waals surface area contributed by atoms with Gasteiger partial charge in [0.15, 0.2) is 8.07 Å². The van der Waals surface area contributed by atoms with Gasteiger partial charge in [0.1, 0.15) is 0 Å². The van der Waals surface area contributed by atoms with Crippen molar-refractivity contribution in [2.45, 2.75) is 0 Å². The lowest BCUT2D eigenvalue weighted by Crippen LogP contribution is -2.75. The second-order valence-corrected chi connectivity index (χ2v) is 16.0. The van der Waals surface area contributed by atoms with Crippen molar-refractivity contribution in [3.63, 3.8) is 0 Å². The molecule has 0 fully saturated rings. The molecule has 8 rings (SSSR count). The number of hydrogen-bond acceptors (Lipinski definition) is 3. The molecule has 1 heterocycles. The number of fused-ring (bicyclic) bond motifs is 3. The van der Waals surface area contributed by atoms with Gasteiger partial charge >= 0.3 is 0 Å². The number of nitriles is 3. The minimum atomic E-state index is -3.15. The van der Waals surface area contributed by atoms with Gasteiger partial charge in [-0.2, -0.15) is 15.8 Å². The highest BCUT2D eigenvalue weighted by molar-refractivity contribution is 7.20. The molecule has 0 aliphatic carbocycles. The van der Waals surface area contributed by atoms with E-state index in [0.29, 0.717) is 16.7 Å². The van der Waals surface area contributed by atoms with E-state index in [-0.39, 0.29) is 0 Å². The zero-order valence-corrected chi connectivity index (χ0v) is 28.0. The maximum Gasteiger partial charge on any atom is 0.182 e. The number of benzene rings is 7. The predicted octanol–water partition coefficient (Wildman–Crippen LogP) is 7.44. The minimum Gasteiger partial charge on any atom is -0.309 e. The van der Waals surface area contributed by atoms with E-state index in [9.17, 15) is 15.8 Å². The maximum absolute atomic E-state index is 10.9. The smallest absolute Gasteiger partial charge is 0.182 e. The van der Waals surface area contributed by atoms with Gasteiger partial charge in [-0.15, -0.1) is 0 Å². The Morgan fingerprint density at radius 1 is 0.420 bits per heavy atom. The standard InChI is InChI=1S/C45H28N4Si/c46-29-32-23-24-44-42(25-32)41-21-10-11-22-43(41)49(44)37-14-12-13-33(28-37)34-26-35(30-47)45(36(27-34)31-48)50(38-15-4-1-5-16-38,39-17-6-2-7-18-39)40-19-8-3-9-20-40/h1-28H. The number of aromatic nitrogens is 1. The summed E-state index contributed by atoms with van der Waals surface area (Å²) in [4.78, 5) is 0. The fraction of sp³-hybridized carbons (Fsp3) is 0. The highest BCUT2D eigenvalue weighted by atomic mass is 28.3.